The van der Waals surface area contributed by atoms with Gasteiger partial charge < -0.3 is 15.1 Å². The number of hydrogen-bond donors (Lipinski definition) is 1. The van der Waals surface area contributed by atoms with Crippen LogP contribution in [0.4, 0.5) is 10.1 Å². The van der Waals surface area contributed by atoms with Crippen LogP contribution in [-0.4, -0.2) is 92.1 Å². The topological polar surface area (TPSA) is 42.1 Å². The molecule has 38 heavy (non-hydrogen) atoms. The SMILES string of the molecule is CCN(CC)CCNC(=O)CC[C@@H]1CN(Cc2ccccc2)CC[C@@H]1N1CCN(c2ccccc2F)CC1. The molecule has 6 nitrogen and oxygen atoms in total. The molecule has 2 heterocycles. The lowest BCUT2D eigenvalue weighted by Gasteiger charge is -2.47. The summed E-state index contributed by atoms with van der Waals surface area (Å²) in [5.41, 5.74) is 2.06. The zero-order chi connectivity index (χ0) is 26.7. The molecule has 0 unspecified atom stereocenters. The number of carbonyl (C=O) groups excluding carboxylic acids is 1. The highest BCUT2D eigenvalue weighted by Gasteiger charge is 2.35. The summed E-state index contributed by atoms with van der Waals surface area (Å²) in [6.07, 6.45) is 2.59. The van der Waals surface area contributed by atoms with Gasteiger partial charge in [0.2, 0.25) is 5.91 Å². The van der Waals surface area contributed by atoms with E-state index < -0.39 is 0 Å². The molecule has 7 heteroatoms. The third-order valence-corrected chi connectivity index (χ3v) is 8.39. The predicted molar refractivity (Wildman–Crippen MR) is 154 cm³/mol. The van der Waals surface area contributed by atoms with Crippen LogP contribution in [-0.2, 0) is 11.3 Å². The molecule has 2 aromatic rings. The Hall–Kier alpha value is -2.48. The van der Waals surface area contributed by atoms with Gasteiger partial charge in [-0.15, -0.1) is 0 Å². The van der Waals surface area contributed by atoms with Gasteiger partial charge in [0.25, 0.3) is 0 Å². The summed E-state index contributed by atoms with van der Waals surface area (Å²) in [4.78, 5) is 22.4. The zero-order valence-corrected chi connectivity index (χ0v) is 23.3. The van der Waals surface area contributed by atoms with E-state index in [1.54, 1.807) is 12.1 Å². The fraction of sp³-hybridized carbons (Fsp3) is 0.581. The quantitative estimate of drug-likeness (QED) is 0.454. The van der Waals surface area contributed by atoms with Gasteiger partial charge in [-0.25, -0.2) is 4.39 Å². The largest absolute Gasteiger partial charge is 0.367 e. The van der Waals surface area contributed by atoms with Crippen LogP contribution in [0, 0.1) is 11.7 Å². The van der Waals surface area contributed by atoms with Crippen LogP contribution in [0.2, 0.25) is 0 Å². The third kappa shape index (κ3) is 8.01. The van der Waals surface area contributed by atoms with Gasteiger partial charge in [0.05, 0.1) is 5.69 Å². The number of nitrogens with zero attached hydrogens (tertiary/aromatic N) is 4. The van der Waals surface area contributed by atoms with Crippen molar-refractivity contribution in [3.63, 3.8) is 0 Å². The molecule has 2 aromatic carbocycles. The van der Waals surface area contributed by atoms with Crippen LogP contribution in [0.15, 0.2) is 54.6 Å². The van der Waals surface area contributed by atoms with E-state index in [4.69, 9.17) is 0 Å². The van der Waals surface area contributed by atoms with E-state index in [0.717, 1.165) is 78.3 Å². The van der Waals surface area contributed by atoms with Gasteiger partial charge in [0, 0.05) is 64.8 Å². The first-order valence-electron chi connectivity index (χ1n) is 14.6. The van der Waals surface area contributed by atoms with Crippen molar-refractivity contribution in [3.05, 3.63) is 66.0 Å². The molecule has 2 atom stereocenters. The number of rotatable bonds is 12. The van der Waals surface area contributed by atoms with Crippen LogP contribution in [0.25, 0.3) is 0 Å². The number of piperidine rings is 1. The second-order valence-corrected chi connectivity index (χ2v) is 10.7. The zero-order valence-electron chi connectivity index (χ0n) is 23.3. The molecule has 0 bridgehead atoms. The summed E-state index contributed by atoms with van der Waals surface area (Å²) in [5, 5.41) is 3.15. The fourth-order valence-electron chi connectivity index (χ4n) is 6.15. The lowest BCUT2D eigenvalue weighted by atomic mass is 9.86. The maximum Gasteiger partial charge on any atom is 0.220 e. The Morgan fingerprint density at radius 2 is 1.68 bits per heavy atom. The number of piperazine rings is 1. The number of nitrogens with one attached hydrogen (secondary N) is 1. The van der Waals surface area contributed by atoms with Crippen molar-refractivity contribution in [2.75, 3.05) is 70.3 Å². The van der Waals surface area contributed by atoms with E-state index >= 15 is 0 Å². The molecule has 2 fully saturated rings. The first kappa shape index (κ1) is 28.5. The normalized spacial score (nSPS) is 21.1. The fourth-order valence-corrected chi connectivity index (χ4v) is 6.15. The number of likely N-dealkylation sites (N-methyl/N-ethyl adjacent to an activating group) is 1. The monoisotopic (exact) mass is 523 g/mol. The molecule has 208 valence electrons. The van der Waals surface area contributed by atoms with Gasteiger partial charge in [0.15, 0.2) is 0 Å². The Morgan fingerprint density at radius 3 is 2.39 bits per heavy atom. The number of hydrogen-bond acceptors (Lipinski definition) is 5. The van der Waals surface area contributed by atoms with Gasteiger partial charge in [0.1, 0.15) is 5.82 Å². The molecular weight excluding hydrogens is 477 g/mol. The lowest BCUT2D eigenvalue weighted by molar-refractivity contribution is -0.121. The minimum Gasteiger partial charge on any atom is -0.367 e. The summed E-state index contributed by atoms with van der Waals surface area (Å²) in [7, 11) is 0. The number of likely N-dealkylation sites (tertiary alicyclic amines) is 1. The molecule has 0 radical (unpaired) electrons. The van der Waals surface area contributed by atoms with Crippen molar-refractivity contribution < 1.29 is 9.18 Å². The molecule has 4 rings (SSSR count). The van der Waals surface area contributed by atoms with E-state index in [1.165, 1.54) is 5.56 Å². The average Bonchev–Trinajstić information content (AvgIpc) is 2.95. The van der Waals surface area contributed by atoms with Crippen molar-refractivity contribution in [2.45, 2.75) is 45.7 Å². The summed E-state index contributed by atoms with van der Waals surface area (Å²) >= 11 is 0. The number of halogens is 1. The molecule has 1 N–H and O–H groups in total. The maximum atomic E-state index is 14.4. The smallest absolute Gasteiger partial charge is 0.220 e. The summed E-state index contributed by atoms with van der Waals surface area (Å²) < 4.78 is 14.4. The maximum absolute atomic E-state index is 14.4. The molecule has 0 spiro atoms. The highest BCUT2D eigenvalue weighted by atomic mass is 19.1. The first-order chi connectivity index (χ1) is 18.6. The Labute approximate surface area is 228 Å². The first-order valence-corrected chi connectivity index (χ1v) is 14.6. The number of amides is 1. The standard InChI is InChI=1S/C31H46FN5O/c1-3-34(4-2)19-17-33-31(38)15-14-27-25-35(24-26-10-6-5-7-11-26)18-16-29(27)36-20-22-37(23-21-36)30-13-9-8-12-28(30)32/h5-13,27,29H,3-4,14-25H2,1-2H3,(H,33,38)/t27-,29+/m1/s1. The molecule has 1 amide bonds. The molecule has 0 saturated carbocycles. The van der Waals surface area contributed by atoms with E-state index in [0.29, 0.717) is 30.6 Å². The minimum atomic E-state index is -0.139. The van der Waals surface area contributed by atoms with E-state index in [9.17, 15) is 9.18 Å². The number of para-hydroxylation sites is 1. The van der Waals surface area contributed by atoms with Crippen molar-refractivity contribution in [3.8, 4) is 0 Å². The highest BCUT2D eigenvalue weighted by molar-refractivity contribution is 5.75. The van der Waals surface area contributed by atoms with Crippen LogP contribution in [0.1, 0.15) is 38.7 Å². The van der Waals surface area contributed by atoms with E-state index in [2.05, 4.69) is 69.1 Å². The highest BCUT2D eigenvalue weighted by Crippen LogP contribution is 2.29. The van der Waals surface area contributed by atoms with Crippen molar-refractivity contribution in [1.82, 2.24) is 20.0 Å². The Kier molecular flexibility index (Phi) is 11.0. The predicted octanol–water partition coefficient (Wildman–Crippen LogP) is 4.08. The molecule has 2 aliphatic rings. The molecule has 2 saturated heterocycles. The van der Waals surface area contributed by atoms with Gasteiger partial charge in [-0.1, -0.05) is 56.3 Å². The second kappa shape index (κ2) is 14.6. The second-order valence-electron chi connectivity index (χ2n) is 10.7. The molecular formula is C31H46FN5O. The number of benzene rings is 2. The lowest BCUT2D eigenvalue weighted by Crippen LogP contribution is -2.56. The van der Waals surface area contributed by atoms with E-state index in [1.807, 2.05) is 12.1 Å². The average molecular weight is 524 g/mol. The molecule has 0 aromatic heterocycles. The minimum absolute atomic E-state index is 0.139. The van der Waals surface area contributed by atoms with Gasteiger partial charge >= 0.3 is 0 Å². The summed E-state index contributed by atoms with van der Waals surface area (Å²) in [6, 6.07) is 18.3. The Morgan fingerprint density at radius 1 is 0.974 bits per heavy atom. The van der Waals surface area contributed by atoms with Crippen LogP contribution in [0.3, 0.4) is 0 Å². The molecule has 2 aliphatic heterocycles. The van der Waals surface area contributed by atoms with Crippen LogP contribution < -0.4 is 10.2 Å². The van der Waals surface area contributed by atoms with Gasteiger partial charge in [-0.3, -0.25) is 14.6 Å². The number of carbonyl (C=O) groups is 1. The third-order valence-electron chi connectivity index (χ3n) is 8.39. The van der Waals surface area contributed by atoms with E-state index in [-0.39, 0.29) is 11.7 Å². The Balaban J connectivity index is 1.34. The van der Waals surface area contributed by atoms with Gasteiger partial charge in [-0.2, -0.15) is 0 Å². The Bertz CT molecular complexity index is 977. The van der Waals surface area contributed by atoms with Crippen molar-refractivity contribution in [2.24, 2.45) is 5.92 Å². The van der Waals surface area contributed by atoms with Crippen molar-refractivity contribution in [1.29, 1.82) is 0 Å². The van der Waals surface area contributed by atoms with Crippen LogP contribution in [0.5, 0.6) is 0 Å². The summed E-state index contributed by atoms with van der Waals surface area (Å²) in [6.45, 7) is 14.5. The summed E-state index contributed by atoms with van der Waals surface area (Å²) in [5.74, 6) is 0.474. The van der Waals surface area contributed by atoms with Crippen molar-refractivity contribution >= 4 is 11.6 Å². The number of anilines is 1. The van der Waals surface area contributed by atoms with Crippen LogP contribution >= 0.6 is 0 Å². The van der Waals surface area contributed by atoms with Gasteiger partial charge in [-0.05, 0) is 56.1 Å². The molecule has 0 aliphatic carbocycles.